The van der Waals surface area contributed by atoms with E-state index in [9.17, 15) is 4.79 Å². The van der Waals surface area contributed by atoms with E-state index in [0.29, 0.717) is 22.7 Å². The normalized spacial score (nSPS) is 16.1. The van der Waals surface area contributed by atoms with E-state index in [1.165, 1.54) is 24.3 Å². The first-order valence-corrected chi connectivity index (χ1v) is 16.3. The van der Waals surface area contributed by atoms with Gasteiger partial charge in [-0.1, -0.05) is 68.2 Å². The molecule has 1 aliphatic carbocycles. The third-order valence-corrected chi connectivity index (χ3v) is 12.9. The number of carbonyl (C=O) groups is 1. The van der Waals surface area contributed by atoms with Crippen LogP contribution in [0.25, 0.3) is 6.08 Å². The predicted octanol–water partition coefficient (Wildman–Crippen LogP) is 7.73. The van der Waals surface area contributed by atoms with E-state index in [1.54, 1.807) is 0 Å². The van der Waals surface area contributed by atoms with Gasteiger partial charge in [0.05, 0.1) is 7.11 Å². The Morgan fingerprint density at radius 3 is 2.47 bits per heavy atom. The second-order valence-electron chi connectivity index (χ2n) is 11.0. The Morgan fingerprint density at radius 1 is 1.14 bits per heavy atom. The summed E-state index contributed by atoms with van der Waals surface area (Å²) in [5.41, 5.74) is 4.69. The summed E-state index contributed by atoms with van der Waals surface area (Å²) in [6, 6.07) is 12.5. The first-order chi connectivity index (χ1) is 16.9. The molecule has 0 bridgehead atoms. The summed E-state index contributed by atoms with van der Waals surface area (Å²) in [6.45, 7) is 13.8. The third-order valence-electron chi connectivity index (χ3n) is 7.63. The fourth-order valence-electron chi connectivity index (χ4n) is 4.41. The van der Waals surface area contributed by atoms with Gasteiger partial charge < -0.3 is 9.16 Å². The minimum absolute atomic E-state index is 0.178. The van der Waals surface area contributed by atoms with Gasteiger partial charge in [0.25, 0.3) is 0 Å². The highest BCUT2D eigenvalue weighted by Gasteiger charge is 2.37. The maximum absolute atomic E-state index is 11.5. The van der Waals surface area contributed by atoms with Gasteiger partial charge in [-0.05, 0) is 77.9 Å². The smallest absolute Gasteiger partial charge is 0.330 e. The summed E-state index contributed by atoms with van der Waals surface area (Å²) in [7, 11) is -0.443. The predicted molar refractivity (Wildman–Crippen MR) is 153 cm³/mol. The van der Waals surface area contributed by atoms with Crippen LogP contribution >= 0.6 is 23.2 Å². The number of benzene rings is 2. The molecule has 0 aromatic heterocycles. The molecule has 0 spiro atoms. The zero-order valence-electron chi connectivity index (χ0n) is 22.4. The van der Waals surface area contributed by atoms with Gasteiger partial charge in [-0.15, -0.1) is 0 Å². The van der Waals surface area contributed by atoms with Crippen LogP contribution in [-0.4, -0.2) is 46.0 Å². The van der Waals surface area contributed by atoms with Crippen LogP contribution < -0.4 is 0 Å². The number of carbonyl (C=O) groups excluding carboxylic acids is 1. The molecule has 0 heterocycles. The van der Waals surface area contributed by atoms with Crippen molar-refractivity contribution in [2.45, 2.75) is 64.2 Å². The summed E-state index contributed by atoms with van der Waals surface area (Å²) < 4.78 is 11.3. The maximum Gasteiger partial charge on any atom is 0.330 e. The van der Waals surface area contributed by atoms with Crippen molar-refractivity contribution in [3.05, 3.63) is 74.8 Å². The average molecular weight is 549 g/mol. The van der Waals surface area contributed by atoms with Crippen LogP contribution in [0.15, 0.2) is 42.5 Å². The van der Waals surface area contributed by atoms with E-state index in [-0.39, 0.29) is 11.0 Å². The third kappa shape index (κ3) is 7.23. The zero-order chi connectivity index (χ0) is 26.5. The Bertz CT molecular complexity index is 1070. The van der Waals surface area contributed by atoms with Crippen molar-refractivity contribution in [3.63, 3.8) is 0 Å². The van der Waals surface area contributed by atoms with Gasteiger partial charge in [0.2, 0.25) is 0 Å². The lowest BCUT2D eigenvalue weighted by molar-refractivity contribution is -0.134. The van der Waals surface area contributed by atoms with Crippen LogP contribution in [0.4, 0.5) is 0 Å². The Hall–Kier alpha value is -1.63. The van der Waals surface area contributed by atoms with Gasteiger partial charge in [0.1, 0.15) is 0 Å². The van der Waals surface area contributed by atoms with E-state index in [4.69, 9.17) is 32.4 Å². The molecule has 7 heteroatoms. The van der Waals surface area contributed by atoms with Crippen molar-refractivity contribution in [3.8, 4) is 0 Å². The average Bonchev–Trinajstić information content (AvgIpc) is 3.23. The Balaban J connectivity index is 1.79. The fraction of sp³-hybridized carbons (Fsp3) is 0.483. The van der Waals surface area contributed by atoms with Crippen molar-refractivity contribution < 1.29 is 14.0 Å². The maximum atomic E-state index is 11.5. The van der Waals surface area contributed by atoms with Crippen LogP contribution in [0.3, 0.4) is 0 Å². The van der Waals surface area contributed by atoms with Gasteiger partial charge in [-0.2, -0.15) is 0 Å². The molecule has 4 nitrogen and oxygen atoms in total. The molecular formula is C29H39Cl2NO3Si. The second-order valence-corrected chi connectivity index (χ2v) is 16.6. The number of rotatable bonds is 10. The van der Waals surface area contributed by atoms with Crippen LogP contribution in [0.5, 0.6) is 0 Å². The fourth-order valence-corrected chi connectivity index (χ4v) is 6.04. The molecule has 2 aromatic carbocycles. The number of halogens is 2. The molecule has 0 saturated heterocycles. The van der Waals surface area contributed by atoms with E-state index >= 15 is 0 Å². The van der Waals surface area contributed by atoms with Crippen molar-refractivity contribution in [2.75, 3.05) is 26.8 Å². The number of hydrogen-bond donors (Lipinski definition) is 0. The van der Waals surface area contributed by atoms with Crippen molar-refractivity contribution in [2.24, 2.45) is 0 Å². The number of aryl methyl sites for hydroxylation is 1. The first kappa shape index (κ1) is 28.9. The van der Waals surface area contributed by atoms with Crippen LogP contribution in [0.1, 0.15) is 55.5 Å². The van der Waals surface area contributed by atoms with Gasteiger partial charge in [0.15, 0.2) is 8.32 Å². The standard InChI is InChI=1S/C29H39Cl2NO3Si/c1-29(2,3)36(5,6)35-19-18-32(17-16-24-25(30)8-7-9-26(24)31)27-14-12-22-20-21(10-13-23(22)27)11-15-28(33)34-4/h7-11,13,15,20,27H,12,14,16-19H2,1-6H3. The number of nitrogens with zero attached hydrogens (tertiary/aromatic N) is 1. The van der Waals surface area contributed by atoms with Crippen molar-refractivity contribution in [1.29, 1.82) is 0 Å². The topological polar surface area (TPSA) is 38.8 Å². The molecular weight excluding hydrogens is 509 g/mol. The van der Waals surface area contributed by atoms with E-state index in [0.717, 1.165) is 43.5 Å². The Kier molecular flexibility index (Phi) is 9.86. The minimum Gasteiger partial charge on any atom is -0.466 e. The molecule has 0 radical (unpaired) electrons. The van der Waals surface area contributed by atoms with Crippen molar-refractivity contribution in [1.82, 2.24) is 4.90 Å². The van der Waals surface area contributed by atoms with Gasteiger partial charge in [-0.3, -0.25) is 4.90 Å². The summed E-state index contributed by atoms with van der Waals surface area (Å²) >= 11 is 13.0. The largest absolute Gasteiger partial charge is 0.466 e. The number of esters is 1. The monoisotopic (exact) mass is 547 g/mol. The molecule has 0 fully saturated rings. The van der Waals surface area contributed by atoms with Crippen LogP contribution in [-0.2, 0) is 26.8 Å². The molecule has 0 amide bonds. The van der Waals surface area contributed by atoms with Crippen LogP contribution in [0, 0.1) is 0 Å². The highest BCUT2D eigenvalue weighted by atomic mass is 35.5. The lowest BCUT2D eigenvalue weighted by Gasteiger charge is -2.37. The van der Waals surface area contributed by atoms with E-state index in [1.807, 2.05) is 24.3 Å². The molecule has 36 heavy (non-hydrogen) atoms. The molecule has 1 atom stereocenters. The summed E-state index contributed by atoms with van der Waals surface area (Å²) in [5, 5.41) is 1.61. The van der Waals surface area contributed by atoms with Crippen molar-refractivity contribution >= 4 is 43.6 Å². The van der Waals surface area contributed by atoms with Crippen LogP contribution in [0.2, 0.25) is 28.2 Å². The molecule has 0 aliphatic heterocycles. The number of hydrogen-bond acceptors (Lipinski definition) is 4. The molecule has 196 valence electrons. The van der Waals surface area contributed by atoms with Gasteiger partial charge in [-0.25, -0.2) is 4.79 Å². The summed E-state index contributed by atoms with van der Waals surface area (Å²) in [4.78, 5) is 14.0. The minimum atomic E-state index is -1.83. The molecule has 0 N–H and O–H groups in total. The zero-order valence-corrected chi connectivity index (χ0v) is 24.9. The lowest BCUT2D eigenvalue weighted by atomic mass is 10.0. The quantitative estimate of drug-likeness (QED) is 0.173. The molecule has 0 saturated carbocycles. The number of ether oxygens (including phenoxy) is 1. The molecule has 1 aliphatic rings. The van der Waals surface area contributed by atoms with Gasteiger partial charge >= 0.3 is 5.97 Å². The SMILES string of the molecule is COC(=O)C=Cc1ccc2c(c1)CCC2N(CCO[Si](C)(C)C(C)(C)C)CCc1c(Cl)cccc1Cl. The summed E-state index contributed by atoms with van der Waals surface area (Å²) in [5.74, 6) is -0.348. The highest BCUT2D eigenvalue weighted by Crippen LogP contribution is 2.39. The molecule has 2 aromatic rings. The van der Waals surface area contributed by atoms with E-state index in [2.05, 4.69) is 57.0 Å². The number of methoxy groups -OCH3 is 1. The Morgan fingerprint density at radius 2 is 1.83 bits per heavy atom. The first-order valence-electron chi connectivity index (χ1n) is 12.6. The second kappa shape index (κ2) is 12.3. The van der Waals surface area contributed by atoms with Gasteiger partial charge in [0, 0.05) is 41.9 Å². The molecule has 1 unspecified atom stereocenters. The van der Waals surface area contributed by atoms with E-state index < -0.39 is 8.32 Å². The summed E-state index contributed by atoms with van der Waals surface area (Å²) in [6.07, 6.45) is 6.11. The molecule has 3 rings (SSSR count). The highest BCUT2D eigenvalue weighted by molar-refractivity contribution is 6.74. The lowest BCUT2D eigenvalue weighted by Crippen LogP contribution is -2.43. The number of fused-ring (bicyclic) bond motifs is 1. The Labute approximate surface area is 227 Å².